The number of hydrogen-bond donors (Lipinski definition) is 1. The van der Waals surface area contributed by atoms with Crippen molar-refractivity contribution in [1.29, 1.82) is 0 Å². The van der Waals surface area contributed by atoms with Gasteiger partial charge in [0.15, 0.2) is 17.8 Å². The SMILES string of the molecule is CC(C)(C)c1nc(C(OC(N)=O)c2ccccc2)n(-c2cccc(Cl)c2)n1. The maximum atomic E-state index is 11.6. The third-order valence-electron chi connectivity index (χ3n) is 3.93. The number of halogens is 1. The van der Waals surface area contributed by atoms with Gasteiger partial charge in [-0.05, 0) is 18.2 Å². The second-order valence-corrected chi connectivity index (χ2v) is 7.60. The first kappa shape index (κ1) is 18.9. The number of hydrogen-bond acceptors (Lipinski definition) is 4. The topological polar surface area (TPSA) is 83.0 Å². The fourth-order valence-corrected chi connectivity index (χ4v) is 2.81. The average molecular weight is 385 g/mol. The van der Waals surface area contributed by atoms with Crippen LogP contribution < -0.4 is 5.73 Å². The molecule has 140 valence electrons. The van der Waals surface area contributed by atoms with Crippen LogP contribution in [0.2, 0.25) is 5.02 Å². The number of aromatic nitrogens is 3. The summed E-state index contributed by atoms with van der Waals surface area (Å²) in [5.41, 5.74) is 6.49. The smallest absolute Gasteiger partial charge is 0.405 e. The van der Waals surface area contributed by atoms with E-state index in [1.807, 2.05) is 63.2 Å². The Morgan fingerprint density at radius 3 is 2.44 bits per heavy atom. The van der Waals surface area contributed by atoms with E-state index < -0.39 is 12.2 Å². The van der Waals surface area contributed by atoms with Crippen molar-refractivity contribution in [3.8, 4) is 5.69 Å². The van der Waals surface area contributed by atoms with Gasteiger partial charge in [0.05, 0.1) is 5.69 Å². The molecule has 3 aromatic rings. The second kappa shape index (κ2) is 7.40. The van der Waals surface area contributed by atoms with Crippen LogP contribution in [0.5, 0.6) is 0 Å². The highest BCUT2D eigenvalue weighted by atomic mass is 35.5. The summed E-state index contributed by atoms with van der Waals surface area (Å²) in [6, 6.07) is 16.5. The van der Waals surface area contributed by atoms with Crippen LogP contribution in [0.1, 0.15) is 44.1 Å². The first-order valence-corrected chi connectivity index (χ1v) is 8.88. The molecule has 0 radical (unpaired) electrons. The van der Waals surface area contributed by atoms with Crippen molar-refractivity contribution >= 4 is 17.7 Å². The Bertz CT molecular complexity index is 948. The molecule has 1 unspecified atom stereocenters. The lowest BCUT2D eigenvalue weighted by Gasteiger charge is -2.17. The van der Waals surface area contributed by atoms with E-state index in [0.29, 0.717) is 16.7 Å². The number of carbonyl (C=O) groups excluding carboxylic acids is 1. The molecule has 0 saturated heterocycles. The van der Waals surface area contributed by atoms with Crippen molar-refractivity contribution in [3.05, 3.63) is 76.8 Å². The van der Waals surface area contributed by atoms with Gasteiger partial charge in [0.2, 0.25) is 0 Å². The summed E-state index contributed by atoms with van der Waals surface area (Å²) in [6.45, 7) is 6.04. The summed E-state index contributed by atoms with van der Waals surface area (Å²) in [7, 11) is 0. The number of rotatable bonds is 4. The molecule has 27 heavy (non-hydrogen) atoms. The number of primary amides is 1. The standard InChI is InChI=1S/C20H21ClN4O2/c1-20(2,3)18-23-17(25(24-18)15-11-7-10-14(21)12-15)16(27-19(22)26)13-8-5-4-6-9-13/h4-12,16H,1-3H3,(H2,22,26). The number of ether oxygens (including phenoxy) is 1. The number of amides is 1. The zero-order valence-corrected chi connectivity index (χ0v) is 16.1. The Kier molecular flexibility index (Phi) is 5.19. The molecule has 1 aromatic heterocycles. The quantitative estimate of drug-likeness (QED) is 0.722. The molecule has 7 heteroatoms. The van der Waals surface area contributed by atoms with Gasteiger partial charge in [0, 0.05) is 16.0 Å². The first-order valence-electron chi connectivity index (χ1n) is 8.50. The van der Waals surface area contributed by atoms with Gasteiger partial charge in [0.1, 0.15) is 0 Å². The zero-order valence-electron chi connectivity index (χ0n) is 15.4. The van der Waals surface area contributed by atoms with Crippen LogP contribution in [-0.4, -0.2) is 20.9 Å². The summed E-state index contributed by atoms with van der Waals surface area (Å²) in [4.78, 5) is 16.3. The van der Waals surface area contributed by atoms with E-state index >= 15 is 0 Å². The average Bonchev–Trinajstić information content (AvgIpc) is 3.06. The number of nitrogens with two attached hydrogens (primary N) is 1. The number of benzene rings is 2. The highest BCUT2D eigenvalue weighted by Gasteiger charge is 2.29. The molecular weight excluding hydrogens is 364 g/mol. The number of carbonyl (C=O) groups is 1. The molecule has 1 amide bonds. The van der Waals surface area contributed by atoms with Crippen LogP contribution in [0.4, 0.5) is 4.79 Å². The lowest BCUT2D eigenvalue weighted by Crippen LogP contribution is -2.21. The minimum atomic E-state index is -0.887. The van der Waals surface area contributed by atoms with E-state index in [0.717, 1.165) is 11.3 Å². The van der Waals surface area contributed by atoms with Gasteiger partial charge in [-0.3, -0.25) is 0 Å². The van der Waals surface area contributed by atoms with Gasteiger partial charge < -0.3 is 10.5 Å². The van der Waals surface area contributed by atoms with Crippen LogP contribution in [0.3, 0.4) is 0 Å². The predicted molar refractivity (Wildman–Crippen MR) is 104 cm³/mol. The molecule has 0 saturated carbocycles. The maximum Gasteiger partial charge on any atom is 0.405 e. The van der Waals surface area contributed by atoms with Gasteiger partial charge in [-0.2, -0.15) is 5.10 Å². The first-order chi connectivity index (χ1) is 12.8. The summed E-state index contributed by atoms with van der Waals surface area (Å²) in [5, 5.41) is 5.23. The molecule has 2 aromatic carbocycles. The van der Waals surface area contributed by atoms with Crippen LogP contribution in [0, 0.1) is 0 Å². The summed E-state index contributed by atoms with van der Waals surface area (Å²) in [5.74, 6) is 1.07. The van der Waals surface area contributed by atoms with Gasteiger partial charge >= 0.3 is 6.09 Å². The van der Waals surface area contributed by atoms with Gasteiger partial charge in [0.25, 0.3) is 0 Å². The molecule has 0 aliphatic carbocycles. The van der Waals surface area contributed by atoms with Crippen molar-refractivity contribution in [3.63, 3.8) is 0 Å². The fraction of sp³-hybridized carbons (Fsp3) is 0.250. The fourth-order valence-electron chi connectivity index (χ4n) is 2.62. The molecule has 1 atom stereocenters. The zero-order chi connectivity index (χ0) is 19.6. The summed E-state index contributed by atoms with van der Waals surface area (Å²) in [6.07, 6.45) is -1.69. The van der Waals surface area contributed by atoms with Crippen molar-refractivity contribution < 1.29 is 9.53 Å². The van der Waals surface area contributed by atoms with Crippen molar-refractivity contribution in [1.82, 2.24) is 14.8 Å². The molecule has 0 fully saturated rings. The second-order valence-electron chi connectivity index (χ2n) is 7.16. The van der Waals surface area contributed by atoms with Gasteiger partial charge in [-0.25, -0.2) is 14.5 Å². The lowest BCUT2D eigenvalue weighted by molar-refractivity contribution is 0.121. The molecule has 0 bridgehead atoms. The van der Waals surface area contributed by atoms with Crippen LogP contribution in [0.25, 0.3) is 5.69 Å². The van der Waals surface area contributed by atoms with Crippen molar-refractivity contribution in [2.75, 3.05) is 0 Å². The Hall–Kier alpha value is -2.86. The highest BCUT2D eigenvalue weighted by Crippen LogP contribution is 2.30. The van der Waals surface area contributed by atoms with E-state index in [4.69, 9.17) is 27.1 Å². The number of nitrogens with zero attached hydrogens (tertiary/aromatic N) is 3. The van der Waals surface area contributed by atoms with Crippen LogP contribution >= 0.6 is 11.6 Å². The Morgan fingerprint density at radius 2 is 1.85 bits per heavy atom. The monoisotopic (exact) mass is 384 g/mol. The molecule has 6 nitrogen and oxygen atoms in total. The summed E-state index contributed by atoms with van der Waals surface area (Å²) >= 11 is 6.16. The molecule has 0 spiro atoms. The van der Waals surface area contributed by atoms with Crippen molar-refractivity contribution in [2.24, 2.45) is 5.73 Å². The molecule has 3 rings (SSSR count). The van der Waals surface area contributed by atoms with E-state index in [1.54, 1.807) is 16.8 Å². The Balaban J connectivity index is 2.22. The molecule has 1 heterocycles. The third kappa shape index (κ3) is 4.28. The minimum Gasteiger partial charge on any atom is -0.433 e. The van der Waals surface area contributed by atoms with E-state index in [9.17, 15) is 4.79 Å². The van der Waals surface area contributed by atoms with Crippen LogP contribution in [-0.2, 0) is 10.2 Å². The van der Waals surface area contributed by atoms with E-state index in [-0.39, 0.29) is 5.41 Å². The largest absolute Gasteiger partial charge is 0.433 e. The van der Waals surface area contributed by atoms with Crippen LogP contribution in [0.15, 0.2) is 54.6 Å². The highest BCUT2D eigenvalue weighted by molar-refractivity contribution is 6.30. The third-order valence-corrected chi connectivity index (χ3v) is 4.16. The van der Waals surface area contributed by atoms with Gasteiger partial charge in [-0.1, -0.05) is 68.8 Å². The summed E-state index contributed by atoms with van der Waals surface area (Å²) < 4.78 is 7.07. The van der Waals surface area contributed by atoms with Gasteiger partial charge in [-0.15, -0.1) is 0 Å². The lowest BCUT2D eigenvalue weighted by atomic mass is 9.96. The van der Waals surface area contributed by atoms with E-state index in [2.05, 4.69) is 5.10 Å². The normalized spacial score (nSPS) is 12.6. The predicted octanol–water partition coefficient (Wildman–Crippen LogP) is 4.40. The molecule has 2 N–H and O–H groups in total. The van der Waals surface area contributed by atoms with E-state index in [1.165, 1.54) is 0 Å². The Labute approximate surface area is 162 Å². The maximum absolute atomic E-state index is 11.6. The molecular formula is C20H21ClN4O2. The molecule has 0 aliphatic heterocycles. The minimum absolute atomic E-state index is 0.299. The Morgan fingerprint density at radius 1 is 1.15 bits per heavy atom. The molecule has 0 aliphatic rings. The van der Waals surface area contributed by atoms with Crippen molar-refractivity contribution in [2.45, 2.75) is 32.3 Å².